The number of carbonyl (C=O) groups is 2. The summed E-state index contributed by atoms with van der Waals surface area (Å²) in [4.78, 5) is 27.4. The largest absolute Gasteiger partial charge is 0.413 e. The first-order chi connectivity index (χ1) is 13.1. The van der Waals surface area contributed by atoms with Crippen molar-refractivity contribution in [2.45, 2.75) is 11.6 Å². The van der Waals surface area contributed by atoms with E-state index < -0.39 is 40.4 Å². The van der Waals surface area contributed by atoms with Gasteiger partial charge in [-0.1, -0.05) is 36.4 Å². The zero-order chi connectivity index (χ0) is 20.4. The molecule has 0 fully saturated rings. The van der Waals surface area contributed by atoms with Crippen LogP contribution in [0.2, 0.25) is 0 Å². The van der Waals surface area contributed by atoms with Crippen LogP contribution >= 0.6 is 0 Å². The normalized spacial score (nSPS) is 23.2. The van der Waals surface area contributed by atoms with Gasteiger partial charge in [0.15, 0.2) is 0 Å². The summed E-state index contributed by atoms with van der Waals surface area (Å²) in [6.45, 7) is 0. The van der Waals surface area contributed by atoms with Crippen LogP contribution in [0.15, 0.2) is 54.4 Å². The molecule has 4 rings (SSSR count). The molecule has 4 nitrogen and oxygen atoms in total. The highest BCUT2D eigenvalue weighted by Gasteiger charge is 2.70. The highest BCUT2D eigenvalue weighted by atomic mass is 19.4. The number of hydrogen-bond donors (Lipinski definition) is 0. The van der Waals surface area contributed by atoms with Crippen LogP contribution in [0.4, 0.5) is 28.9 Å². The van der Waals surface area contributed by atoms with Crippen molar-refractivity contribution < 1.29 is 27.2 Å². The fourth-order valence-electron chi connectivity index (χ4n) is 3.94. The molecule has 2 heterocycles. The molecule has 1 unspecified atom stereocenters. The lowest BCUT2D eigenvalue weighted by molar-refractivity contribution is -0.186. The number of para-hydroxylation sites is 2. The van der Waals surface area contributed by atoms with Crippen molar-refractivity contribution in [2.75, 3.05) is 23.9 Å². The number of amides is 2. The maximum absolute atomic E-state index is 15.8. The molecule has 8 heteroatoms. The average Bonchev–Trinajstić information content (AvgIpc) is 3.05. The van der Waals surface area contributed by atoms with E-state index in [0.29, 0.717) is 0 Å². The fourth-order valence-corrected chi connectivity index (χ4v) is 3.94. The van der Waals surface area contributed by atoms with Crippen molar-refractivity contribution in [1.29, 1.82) is 0 Å². The van der Waals surface area contributed by atoms with Crippen molar-refractivity contribution in [3.8, 4) is 0 Å². The third-order valence-corrected chi connectivity index (χ3v) is 5.32. The van der Waals surface area contributed by atoms with Crippen LogP contribution in [0.25, 0.3) is 5.57 Å². The number of nitrogens with zero attached hydrogens (tertiary/aromatic N) is 2. The number of hydrogen-bond acceptors (Lipinski definition) is 2. The predicted molar refractivity (Wildman–Crippen MR) is 95.5 cm³/mol. The van der Waals surface area contributed by atoms with Gasteiger partial charge >= 0.3 is 6.18 Å². The molecular weight excluding hydrogens is 376 g/mol. The van der Waals surface area contributed by atoms with Crippen molar-refractivity contribution >= 4 is 28.8 Å². The van der Waals surface area contributed by atoms with E-state index >= 15 is 4.39 Å². The summed E-state index contributed by atoms with van der Waals surface area (Å²) in [5.41, 5.74) is -4.58. The summed E-state index contributed by atoms with van der Waals surface area (Å²) < 4.78 is 59.0. The van der Waals surface area contributed by atoms with Crippen LogP contribution in [0.1, 0.15) is 11.1 Å². The standard InChI is InChI=1S/C20H14F4N2O2/c1-25-13-9-5-3-7-11(13)15(17(25)27)16(21)19(20(22,23)24)12-8-4-6-10-14(12)26(2)18(19)28/h3-10H,1-2H3/b16-15-. The Hall–Kier alpha value is -3.16. The van der Waals surface area contributed by atoms with Gasteiger partial charge in [0.05, 0.1) is 11.3 Å². The Bertz CT molecular complexity index is 1060. The first kappa shape index (κ1) is 18.2. The molecule has 0 aromatic heterocycles. The molecule has 0 bridgehead atoms. The summed E-state index contributed by atoms with van der Waals surface area (Å²) in [7, 11) is 2.50. The lowest BCUT2D eigenvalue weighted by Gasteiger charge is -2.30. The number of halogens is 4. The van der Waals surface area contributed by atoms with E-state index in [-0.39, 0.29) is 16.9 Å². The number of anilines is 2. The van der Waals surface area contributed by atoms with Crippen molar-refractivity contribution in [1.82, 2.24) is 0 Å². The molecule has 0 saturated heterocycles. The van der Waals surface area contributed by atoms with Gasteiger partial charge in [-0.2, -0.15) is 13.2 Å². The van der Waals surface area contributed by atoms with Crippen LogP contribution < -0.4 is 9.80 Å². The van der Waals surface area contributed by atoms with Crippen LogP contribution in [0.5, 0.6) is 0 Å². The number of rotatable bonds is 1. The summed E-state index contributed by atoms with van der Waals surface area (Å²) >= 11 is 0. The quantitative estimate of drug-likeness (QED) is 0.549. The zero-order valence-electron chi connectivity index (χ0n) is 14.8. The van der Waals surface area contributed by atoms with Gasteiger partial charge < -0.3 is 9.80 Å². The van der Waals surface area contributed by atoms with Gasteiger partial charge in [0, 0.05) is 30.9 Å². The minimum atomic E-state index is -5.29. The summed E-state index contributed by atoms with van der Waals surface area (Å²) in [5.74, 6) is -4.21. The molecule has 2 aliphatic rings. The second kappa shape index (κ2) is 5.67. The van der Waals surface area contributed by atoms with Gasteiger partial charge in [0.2, 0.25) is 5.41 Å². The van der Waals surface area contributed by atoms with Crippen LogP contribution in [0, 0.1) is 0 Å². The third kappa shape index (κ3) is 2.00. The third-order valence-electron chi connectivity index (χ3n) is 5.32. The highest BCUT2D eigenvalue weighted by molar-refractivity contribution is 6.34. The average molecular weight is 390 g/mol. The number of fused-ring (bicyclic) bond motifs is 2. The van der Waals surface area contributed by atoms with Gasteiger partial charge in [0.1, 0.15) is 5.83 Å². The van der Waals surface area contributed by atoms with Crippen molar-refractivity contribution in [3.05, 3.63) is 65.5 Å². The SMILES string of the molecule is CN1C(=O)/C(=C(\F)C2(C(F)(F)F)C(=O)N(C)c3ccccc32)c2ccccc21. The van der Waals surface area contributed by atoms with Gasteiger partial charge in [-0.3, -0.25) is 9.59 Å². The molecule has 2 aliphatic heterocycles. The van der Waals surface area contributed by atoms with E-state index in [2.05, 4.69) is 0 Å². The van der Waals surface area contributed by atoms with E-state index in [9.17, 15) is 22.8 Å². The van der Waals surface area contributed by atoms with Crippen molar-refractivity contribution in [2.24, 2.45) is 0 Å². The first-order valence-electron chi connectivity index (χ1n) is 8.36. The lowest BCUT2D eigenvalue weighted by Crippen LogP contribution is -2.51. The van der Waals surface area contributed by atoms with E-state index in [1.165, 1.54) is 43.4 Å². The smallest absolute Gasteiger partial charge is 0.314 e. The van der Waals surface area contributed by atoms with Crippen LogP contribution in [0.3, 0.4) is 0 Å². The zero-order valence-corrected chi connectivity index (χ0v) is 14.8. The molecular formula is C20H14F4N2O2. The Balaban J connectivity index is 2.12. The first-order valence-corrected chi connectivity index (χ1v) is 8.36. The minimum absolute atomic E-state index is 0.0240. The predicted octanol–water partition coefficient (Wildman–Crippen LogP) is 3.82. The minimum Gasteiger partial charge on any atom is -0.314 e. The summed E-state index contributed by atoms with van der Waals surface area (Å²) in [6.07, 6.45) is -5.29. The van der Waals surface area contributed by atoms with E-state index in [4.69, 9.17) is 0 Å². The molecule has 1 atom stereocenters. The maximum Gasteiger partial charge on any atom is 0.413 e. The summed E-state index contributed by atoms with van der Waals surface area (Å²) in [5, 5.41) is 0. The molecule has 0 radical (unpaired) electrons. The molecule has 144 valence electrons. The molecule has 0 saturated carbocycles. The number of likely N-dealkylation sites (N-methyl/N-ethyl adjacent to an activating group) is 2. The molecule has 28 heavy (non-hydrogen) atoms. The van der Waals surface area contributed by atoms with Gasteiger partial charge in [0.25, 0.3) is 11.8 Å². The second-order valence-electron chi connectivity index (χ2n) is 6.70. The van der Waals surface area contributed by atoms with E-state index in [0.717, 1.165) is 22.9 Å². The van der Waals surface area contributed by atoms with Gasteiger partial charge in [-0.15, -0.1) is 0 Å². The Morgan fingerprint density at radius 3 is 2.11 bits per heavy atom. The van der Waals surface area contributed by atoms with Crippen LogP contribution in [-0.2, 0) is 15.0 Å². The van der Waals surface area contributed by atoms with Crippen LogP contribution in [-0.4, -0.2) is 32.1 Å². The van der Waals surface area contributed by atoms with E-state index in [1.54, 1.807) is 6.07 Å². The molecule has 0 spiro atoms. The Morgan fingerprint density at radius 1 is 0.893 bits per heavy atom. The second-order valence-corrected chi connectivity index (χ2v) is 6.70. The lowest BCUT2D eigenvalue weighted by atomic mass is 9.77. The molecule has 2 aromatic rings. The molecule has 2 amide bonds. The van der Waals surface area contributed by atoms with E-state index in [1.807, 2.05) is 0 Å². The monoisotopic (exact) mass is 390 g/mol. The number of benzene rings is 2. The molecule has 0 aliphatic carbocycles. The Kier molecular flexibility index (Phi) is 3.69. The number of carbonyl (C=O) groups excluding carboxylic acids is 2. The maximum atomic E-state index is 15.8. The summed E-state index contributed by atoms with van der Waals surface area (Å²) in [6, 6.07) is 11.1. The highest BCUT2D eigenvalue weighted by Crippen LogP contribution is 2.57. The topological polar surface area (TPSA) is 40.6 Å². The Morgan fingerprint density at radius 2 is 1.46 bits per heavy atom. The van der Waals surface area contributed by atoms with Crippen molar-refractivity contribution in [3.63, 3.8) is 0 Å². The Labute approximate surface area is 157 Å². The molecule has 2 aromatic carbocycles. The number of alkyl halides is 3. The molecule has 0 N–H and O–H groups in total. The van der Waals surface area contributed by atoms with Gasteiger partial charge in [-0.25, -0.2) is 4.39 Å². The fraction of sp³-hybridized carbons (Fsp3) is 0.200. The van der Waals surface area contributed by atoms with Gasteiger partial charge in [-0.05, 0) is 12.1 Å².